The molecule has 1 aromatic rings. The Balaban J connectivity index is 2.09. The molecular formula is C13H15ClN4O. The fraction of sp³-hybridized carbons (Fsp3) is 0.462. The smallest absolute Gasteiger partial charge is 0.242 e. The summed E-state index contributed by atoms with van der Waals surface area (Å²) in [6, 6.07) is 3.56. The molecule has 100 valence electrons. The van der Waals surface area contributed by atoms with Gasteiger partial charge in [-0.2, -0.15) is 5.26 Å². The second-order valence-corrected chi connectivity index (χ2v) is 4.93. The summed E-state index contributed by atoms with van der Waals surface area (Å²) < 4.78 is 0. The van der Waals surface area contributed by atoms with Crippen LogP contribution in [0.2, 0.25) is 5.02 Å². The van der Waals surface area contributed by atoms with Crippen LogP contribution in [0.25, 0.3) is 0 Å². The van der Waals surface area contributed by atoms with Crippen molar-refractivity contribution in [3.8, 4) is 6.07 Å². The van der Waals surface area contributed by atoms with Crippen molar-refractivity contribution in [1.29, 1.82) is 5.26 Å². The van der Waals surface area contributed by atoms with Crippen molar-refractivity contribution in [2.75, 3.05) is 31.6 Å². The van der Waals surface area contributed by atoms with Crippen LogP contribution in [0.5, 0.6) is 0 Å². The number of halogens is 1. The van der Waals surface area contributed by atoms with Crippen molar-refractivity contribution < 1.29 is 4.79 Å². The van der Waals surface area contributed by atoms with E-state index >= 15 is 0 Å². The van der Waals surface area contributed by atoms with E-state index in [-0.39, 0.29) is 12.5 Å². The maximum absolute atomic E-state index is 12.0. The molecule has 5 nitrogen and oxygen atoms in total. The van der Waals surface area contributed by atoms with Gasteiger partial charge < -0.3 is 9.80 Å². The topological polar surface area (TPSA) is 60.2 Å². The van der Waals surface area contributed by atoms with Gasteiger partial charge in [0.15, 0.2) is 0 Å². The molecule has 6 heteroatoms. The maximum Gasteiger partial charge on any atom is 0.242 e. The molecule has 2 rings (SSSR count). The van der Waals surface area contributed by atoms with E-state index in [0.717, 1.165) is 25.9 Å². The Bertz CT molecular complexity index is 520. The van der Waals surface area contributed by atoms with Gasteiger partial charge in [0.25, 0.3) is 0 Å². The van der Waals surface area contributed by atoms with Crippen LogP contribution in [-0.4, -0.2) is 42.5 Å². The molecule has 1 amide bonds. The molecule has 1 fully saturated rings. The monoisotopic (exact) mass is 278 g/mol. The summed E-state index contributed by atoms with van der Waals surface area (Å²) in [5.74, 6) is 0.536. The summed E-state index contributed by atoms with van der Waals surface area (Å²) in [4.78, 5) is 19.7. The first-order valence-corrected chi connectivity index (χ1v) is 6.55. The molecule has 0 bridgehead atoms. The number of carbonyl (C=O) groups excluding carboxylic acids is 1. The van der Waals surface area contributed by atoms with Crippen molar-refractivity contribution >= 4 is 23.3 Å². The fourth-order valence-corrected chi connectivity index (χ4v) is 2.43. The normalized spacial score (nSPS) is 14.3. The molecule has 1 aromatic heterocycles. The van der Waals surface area contributed by atoms with Crippen LogP contribution >= 0.6 is 11.6 Å². The highest BCUT2D eigenvalue weighted by Crippen LogP contribution is 2.25. The molecular weight excluding hydrogens is 264 g/mol. The third kappa shape index (κ3) is 2.96. The van der Waals surface area contributed by atoms with Gasteiger partial charge in [-0.1, -0.05) is 11.6 Å². The zero-order chi connectivity index (χ0) is 13.8. The molecule has 0 N–H and O–H groups in total. The van der Waals surface area contributed by atoms with Crippen LogP contribution in [-0.2, 0) is 4.79 Å². The van der Waals surface area contributed by atoms with E-state index in [1.165, 1.54) is 6.20 Å². The molecule has 1 aliphatic rings. The first-order chi connectivity index (χ1) is 9.13. The number of likely N-dealkylation sites (tertiary alicyclic amines) is 1. The number of hydrogen-bond acceptors (Lipinski definition) is 4. The van der Waals surface area contributed by atoms with E-state index in [4.69, 9.17) is 16.9 Å². The van der Waals surface area contributed by atoms with Gasteiger partial charge >= 0.3 is 0 Å². The minimum atomic E-state index is 0.0697. The largest absolute Gasteiger partial charge is 0.349 e. The SMILES string of the molecule is CN(CC(=O)N1CCCC1)c1nccc(C#N)c1Cl. The number of nitriles is 1. The molecule has 0 saturated carbocycles. The van der Waals surface area contributed by atoms with Crippen LogP contribution in [0, 0.1) is 11.3 Å². The van der Waals surface area contributed by atoms with Crippen LogP contribution in [0.3, 0.4) is 0 Å². The number of anilines is 1. The van der Waals surface area contributed by atoms with E-state index in [1.54, 1.807) is 18.0 Å². The first-order valence-electron chi connectivity index (χ1n) is 6.17. The van der Waals surface area contributed by atoms with Crippen molar-refractivity contribution in [2.24, 2.45) is 0 Å². The Hall–Kier alpha value is -1.80. The standard InChI is InChI=1S/C13H15ClN4O/c1-17(9-11(19)18-6-2-3-7-18)13-12(14)10(8-15)4-5-16-13/h4-5H,2-3,6-7,9H2,1H3. The highest BCUT2D eigenvalue weighted by molar-refractivity contribution is 6.34. The van der Waals surface area contributed by atoms with E-state index in [1.807, 2.05) is 11.0 Å². The number of likely N-dealkylation sites (N-methyl/N-ethyl adjacent to an activating group) is 1. The first kappa shape index (κ1) is 13.6. The lowest BCUT2D eigenvalue weighted by molar-refractivity contribution is -0.128. The second kappa shape index (κ2) is 5.89. The van der Waals surface area contributed by atoms with Gasteiger partial charge in [0.2, 0.25) is 5.91 Å². The number of nitrogens with zero attached hydrogens (tertiary/aromatic N) is 4. The summed E-state index contributed by atoms with van der Waals surface area (Å²) in [5, 5.41) is 9.22. The molecule has 0 unspecified atom stereocenters. The summed E-state index contributed by atoms with van der Waals surface area (Å²) >= 11 is 6.10. The molecule has 0 spiro atoms. The van der Waals surface area contributed by atoms with Gasteiger partial charge in [-0.3, -0.25) is 4.79 Å². The minimum absolute atomic E-state index is 0.0697. The summed E-state index contributed by atoms with van der Waals surface area (Å²) in [7, 11) is 1.75. The average molecular weight is 279 g/mol. The van der Waals surface area contributed by atoms with Crippen LogP contribution in [0.15, 0.2) is 12.3 Å². The number of hydrogen-bond donors (Lipinski definition) is 0. The summed E-state index contributed by atoms with van der Waals surface area (Å²) in [5.41, 5.74) is 0.368. The number of carbonyl (C=O) groups is 1. The molecule has 2 heterocycles. The van der Waals surface area contributed by atoms with Crippen molar-refractivity contribution in [3.63, 3.8) is 0 Å². The van der Waals surface area contributed by atoms with Crippen molar-refractivity contribution in [2.45, 2.75) is 12.8 Å². The lowest BCUT2D eigenvalue weighted by atomic mass is 10.3. The quantitative estimate of drug-likeness (QED) is 0.844. The van der Waals surface area contributed by atoms with Gasteiger partial charge in [-0.15, -0.1) is 0 Å². The van der Waals surface area contributed by atoms with E-state index in [9.17, 15) is 4.79 Å². The third-order valence-electron chi connectivity index (χ3n) is 3.18. The zero-order valence-corrected chi connectivity index (χ0v) is 11.5. The van der Waals surface area contributed by atoms with Gasteiger partial charge in [-0.25, -0.2) is 4.98 Å². The van der Waals surface area contributed by atoms with Gasteiger partial charge in [0, 0.05) is 26.3 Å². The van der Waals surface area contributed by atoms with Crippen molar-refractivity contribution in [1.82, 2.24) is 9.88 Å². The molecule has 19 heavy (non-hydrogen) atoms. The highest BCUT2D eigenvalue weighted by Gasteiger charge is 2.21. The van der Waals surface area contributed by atoms with Crippen molar-refractivity contribution in [3.05, 3.63) is 22.8 Å². The Morgan fingerprint density at radius 1 is 1.58 bits per heavy atom. The van der Waals surface area contributed by atoms with E-state index in [0.29, 0.717) is 16.4 Å². The molecule has 0 aromatic carbocycles. The Kier molecular flexibility index (Phi) is 4.23. The van der Waals surface area contributed by atoms with Gasteiger partial charge in [0.1, 0.15) is 16.9 Å². The predicted molar refractivity (Wildman–Crippen MR) is 73.0 cm³/mol. The summed E-state index contributed by atoms with van der Waals surface area (Å²) in [6.07, 6.45) is 3.66. The minimum Gasteiger partial charge on any atom is -0.349 e. The van der Waals surface area contributed by atoms with Gasteiger partial charge in [0.05, 0.1) is 12.1 Å². The van der Waals surface area contributed by atoms with Crippen LogP contribution in [0.1, 0.15) is 18.4 Å². The number of rotatable bonds is 3. The molecule has 1 aliphatic heterocycles. The maximum atomic E-state index is 12.0. The number of pyridine rings is 1. The Morgan fingerprint density at radius 3 is 2.89 bits per heavy atom. The summed E-state index contributed by atoms with van der Waals surface area (Å²) in [6.45, 7) is 1.87. The molecule has 0 radical (unpaired) electrons. The molecule has 0 atom stereocenters. The van der Waals surface area contributed by atoms with E-state index in [2.05, 4.69) is 4.98 Å². The molecule has 0 aliphatic carbocycles. The lowest BCUT2D eigenvalue weighted by Crippen LogP contribution is -2.37. The number of aromatic nitrogens is 1. The second-order valence-electron chi connectivity index (χ2n) is 4.55. The Morgan fingerprint density at radius 2 is 2.26 bits per heavy atom. The van der Waals surface area contributed by atoms with E-state index < -0.39 is 0 Å². The molecule has 1 saturated heterocycles. The third-order valence-corrected chi connectivity index (χ3v) is 3.56. The van der Waals surface area contributed by atoms with Crippen LogP contribution in [0.4, 0.5) is 5.82 Å². The highest BCUT2D eigenvalue weighted by atomic mass is 35.5. The fourth-order valence-electron chi connectivity index (χ4n) is 2.13. The van der Waals surface area contributed by atoms with Crippen LogP contribution < -0.4 is 4.90 Å². The predicted octanol–water partition coefficient (Wildman–Crippen LogP) is 1.67. The number of amides is 1. The lowest BCUT2D eigenvalue weighted by Gasteiger charge is -2.22. The average Bonchev–Trinajstić information content (AvgIpc) is 2.92. The van der Waals surface area contributed by atoms with Gasteiger partial charge in [-0.05, 0) is 18.9 Å². The zero-order valence-electron chi connectivity index (χ0n) is 10.8. The Labute approximate surface area is 117 Å².